The molecule has 0 aromatic carbocycles. The van der Waals surface area contributed by atoms with Gasteiger partial charge in [0.1, 0.15) is 0 Å². The first kappa shape index (κ1) is 24.9. The van der Waals surface area contributed by atoms with Crippen LogP contribution in [-0.2, 0) is 9.53 Å². The minimum Gasteiger partial charge on any atom is -0.390 e. The van der Waals surface area contributed by atoms with Crippen molar-refractivity contribution >= 4 is 5.78 Å². The van der Waals surface area contributed by atoms with Gasteiger partial charge in [0.25, 0.3) is 0 Å². The predicted octanol–water partition coefficient (Wildman–Crippen LogP) is 2.94. The predicted molar refractivity (Wildman–Crippen MR) is 130 cm³/mol. The molecule has 0 aromatic rings. The molecule has 5 aliphatic rings. The Morgan fingerprint density at radius 2 is 1.85 bits per heavy atom. The van der Waals surface area contributed by atoms with Gasteiger partial charge in [-0.1, -0.05) is 20.8 Å². The number of aliphatic hydroxyl groups excluding tert-OH is 2. The van der Waals surface area contributed by atoms with Crippen molar-refractivity contribution in [1.29, 1.82) is 0 Å². The number of morpholine rings is 1. The standard InChI is InChI=1S/C28H45NO5/c1-18(5-4-10-29-11-13-34-14-12-29)19-7-9-28(33)21-15-23(30)22-16-24(31)25(32)17-26(22,2)20(21)6-8-27(19,28)3/h15,18-20,22,24-25,31-33H,4-14,16-17H2,1-3H3/t18?,19-,20?,22+,24-,25+,26-,27-,28-/m1/s1. The van der Waals surface area contributed by atoms with Crippen molar-refractivity contribution in [2.24, 2.45) is 34.5 Å². The second kappa shape index (κ2) is 8.95. The van der Waals surface area contributed by atoms with E-state index in [1.54, 1.807) is 6.08 Å². The summed E-state index contributed by atoms with van der Waals surface area (Å²) in [6, 6.07) is 0. The van der Waals surface area contributed by atoms with Gasteiger partial charge in [0.15, 0.2) is 5.78 Å². The third kappa shape index (κ3) is 3.75. The van der Waals surface area contributed by atoms with Crippen LogP contribution in [0.3, 0.4) is 0 Å². The van der Waals surface area contributed by atoms with Crippen molar-refractivity contribution in [3.63, 3.8) is 0 Å². The fourth-order valence-corrected chi connectivity index (χ4v) is 8.99. The molecule has 6 heteroatoms. The lowest BCUT2D eigenvalue weighted by atomic mass is 9.46. The van der Waals surface area contributed by atoms with Crippen molar-refractivity contribution in [2.75, 3.05) is 32.8 Å². The number of ether oxygens (including phenoxy) is 1. The summed E-state index contributed by atoms with van der Waals surface area (Å²) in [6.45, 7) is 11.6. The largest absolute Gasteiger partial charge is 0.390 e. The van der Waals surface area contributed by atoms with Gasteiger partial charge in [-0.05, 0) is 92.7 Å². The van der Waals surface area contributed by atoms with E-state index in [1.807, 2.05) is 0 Å². The lowest BCUT2D eigenvalue weighted by Crippen LogP contribution is -2.60. The Bertz CT molecular complexity index is 824. The van der Waals surface area contributed by atoms with Gasteiger partial charge in [0.05, 0.1) is 31.0 Å². The fourth-order valence-electron chi connectivity index (χ4n) is 8.99. The molecule has 0 radical (unpaired) electrons. The maximum atomic E-state index is 13.3. The third-order valence-electron chi connectivity index (χ3n) is 11.1. The molecule has 0 spiro atoms. The van der Waals surface area contributed by atoms with Crippen molar-refractivity contribution in [3.8, 4) is 0 Å². The number of hydrogen-bond donors (Lipinski definition) is 3. The van der Waals surface area contributed by atoms with Crippen molar-refractivity contribution in [1.82, 2.24) is 4.90 Å². The van der Waals surface area contributed by atoms with Crippen molar-refractivity contribution < 1.29 is 24.9 Å². The number of carbonyl (C=O) groups excluding carboxylic acids is 1. The molecular formula is C28H45NO5. The molecule has 4 fully saturated rings. The highest BCUT2D eigenvalue weighted by atomic mass is 16.5. The maximum Gasteiger partial charge on any atom is 0.159 e. The van der Waals surface area contributed by atoms with E-state index in [1.165, 1.54) is 12.8 Å². The first-order chi connectivity index (χ1) is 16.1. The molecule has 0 aromatic heterocycles. The highest BCUT2D eigenvalue weighted by Crippen LogP contribution is 2.68. The molecule has 6 nitrogen and oxygen atoms in total. The van der Waals surface area contributed by atoms with Crippen LogP contribution in [0.2, 0.25) is 0 Å². The first-order valence-corrected chi connectivity index (χ1v) is 13.7. The van der Waals surface area contributed by atoms with E-state index in [2.05, 4.69) is 25.7 Å². The number of fused-ring (bicyclic) bond motifs is 5. The van der Waals surface area contributed by atoms with Gasteiger partial charge in [-0.3, -0.25) is 9.69 Å². The van der Waals surface area contributed by atoms with Crippen LogP contribution in [-0.4, -0.2) is 76.7 Å². The van der Waals surface area contributed by atoms with Crippen LogP contribution in [0.5, 0.6) is 0 Å². The Labute approximate surface area is 204 Å². The topological polar surface area (TPSA) is 90.2 Å². The number of ketones is 1. The molecule has 1 aliphatic heterocycles. The average molecular weight is 476 g/mol. The second-order valence-corrected chi connectivity index (χ2v) is 12.7. The number of allylic oxidation sites excluding steroid dienone is 1. The first-order valence-electron chi connectivity index (χ1n) is 13.7. The van der Waals surface area contributed by atoms with E-state index in [-0.39, 0.29) is 23.0 Å². The van der Waals surface area contributed by atoms with Crippen LogP contribution < -0.4 is 0 Å². The zero-order chi connectivity index (χ0) is 24.3. The molecule has 4 aliphatic carbocycles. The van der Waals surface area contributed by atoms with Crippen molar-refractivity contribution in [2.45, 2.75) is 89.9 Å². The van der Waals surface area contributed by atoms with E-state index in [0.717, 1.165) is 64.1 Å². The van der Waals surface area contributed by atoms with Crippen molar-refractivity contribution in [3.05, 3.63) is 11.6 Å². The summed E-state index contributed by atoms with van der Waals surface area (Å²) in [4.78, 5) is 15.8. The van der Waals surface area contributed by atoms with E-state index < -0.39 is 23.2 Å². The molecule has 3 N–H and O–H groups in total. The lowest BCUT2D eigenvalue weighted by Gasteiger charge is -2.60. The van der Waals surface area contributed by atoms with Crippen LogP contribution in [0.1, 0.15) is 72.1 Å². The highest BCUT2D eigenvalue weighted by Gasteiger charge is 2.66. The summed E-state index contributed by atoms with van der Waals surface area (Å²) >= 11 is 0. The summed E-state index contributed by atoms with van der Waals surface area (Å²) in [6.07, 6.45) is 6.89. The Hall–Kier alpha value is -0.790. The Morgan fingerprint density at radius 3 is 2.59 bits per heavy atom. The number of aliphatic hydroxyl groups is 3. The highest BCUT2D eigenvalue weighted by molar-refractivity contribution is 5.95. The quantitative estimate of drug-likeness (QED) is 0.567. The Morgan fingerprint density at radius 1 is 1.12 bits per heavy atom. The smallest absolute Gasteiger partial charge is 0.159 e. The molecule has 1 saturated heterocycles. The molecular weight excluding hydrogens is 430 g/mol. The summed E-state index contributed by atoms with van der Waals surface area (Å²) in [5.41, 5.74) is -0.608. The normalized spacial score (nSPS) is 48.0. The van der Waals surface area contributed by atoms with Gasteiger partial charge in [0, 0.05) is 24.4 Å². The maximum absolute atomic E-state index is 13.3. The third-order valence-corrected chi connectivity index (χ3v) is 11.1. The van der Waals surface area contributed by atoms with Crippen LogP contribution in [0.4, 0.5) is 0 Å². The number of rotatable bonds is 5. The monoisotopic (exact) mass is 475 g/mol. The Balaban J connectivity index is 1.33. The summed E-state index contributed by atoms with van der Waals surface area (Å²) in [7, 11) is 0. The average Bonchev–Trinajstić information content (AvgIpc) is 3.08. The molecule has 5 rings (SSSR count). The van der Waals surface area contributed by atoms with Crippen LogP contribution in [0.25, 0.3) is 0 Å². The SMILES string of the molecule is CC(CCCN1CCOCC1)[C@H]1CC[C@@]2(O)C3=CC(=O)[C@@H]4C[C@@H](O)[C@@H](O)C[C@]4(C)C3CC[C@]12C. The zero-order valence-electron chi connectivity index (χ0n) is 21.3. The minimum atomic E-state index is -0.941. The molecule has 9 atom stereocenters. The summed E-state index contributed by atoms with van der Waals surface area (Å²) in [5.74, 6) is 0.865. The molecule has 192 valence electrons. The van der Waals surface area contributed by atoms with E-state index in [4.69, 9.17) is 4.74 Å². The van der Waals surface area contributed by atoms with E-state index >= 15 is 0 Å². The molecule has 2 unspecified atom stereocenters. The van der Waals surface area contributed by atoms with Gasteiger partial charge < -0.3 is 20.1 Å². The fraction of sp³-hybridized carbons (Fsp3) is 0.893. The zero-order valence-corrected chi connectivity index (χ0v) is 21.3. The molecule has 0 bridgehead atoms. The number of carbonyl (C=O) groups is 1. The second-order valence-electron chi connectivity index (χ2n) is 12.7. The van der Waals surface area contributed by atoms with Gasteiger partial charge in [-0.25, -0.2) is 0 Å². The van der Waals surface area contributed by atoms with Crippen LogP contribution in [0.15, 0.2) is 11.6 Å². The number of nitrogens with zero attached hydrogens (tertiary/aromatic N) is 1. The van der Waals surface area contributed by atoms with Gasteiger partial charge >= 0.3 is 0 Å². The Kier molecular flexibility index (Phi) is 6.55. The van der Waals surface area contributed by atoms with Gasteiger partial charge in [-0.15, -0.1) is 0 Å². The molecule has 0 amide bonds. The van der Waals surface area contributed by atoms with Gasteiger partial charge in [-0.2, -0.15) is 0 Å². The van der Waals surface area contributed by atoms with E-state index in [9.17, 15) is 20.1 Å². The minimum absolute atomic E-state index is 0.0411. The summed E-state index contributed by atoms with van der Waals surface area (Å²) < 4.78 is 5.47. The summed E-state index contributed by atoms with van der Waals surface area (Å²) in [5, 5.41) is 33.1. The van der Waals surface area contributed by atoms with Gasteiger partial charge in [0.2, 0.25) is 0 Å². The van der Waals surface area contributed by atoms with E-state index in [0.29, 0.717) is 24.7 Å². The molecule has 34 heavy (non-hydrogen) atoms. The molecule has 3 saturated carbocycles. The van der Waals surface area contributed by atoms with Crippen LogP contribution in [0, 0.1) is 34.5 Å². The molecule has 1 heterocycles. The van der Waals surface area contributed by atoms with Crippen LogP contribution >= 0.6 is 0 Å². The number of hydrogen-bond acceptors (Lipinski definition) is 6. The lowest BCUT2D eigenvalue weighted by molar-refractivity contribution is -0.153.